The van der Waals surface area contributed by atoms with Crippen LogP contribution in [-0.4, -0.2) is 55.0 Å². The number of nitrogens with one attached hydrogen (secondary N) is 1. The van der Waals surface area contributed by atoms with Crippen LogP contribution in [0.3, 0.4) is 0 Å². The number of quaternary nitrogens is 1. The minimum atomic E-state index is -0.678. The Balaban J connectivity index is 1.94. The molecule has 1 amide bonds. The van der Waals surface area contributed by atoms with Gasteiger partial charge >= 0.3 is 0 Å². The lowest BCUT2D eigenvalue weighted by atomic mass is 9.95. The zero-order valence-electron chi connectivity index (χ0n) is 18.6. The summed E-state index contributed by atoms with van der Waals surface area (Å²) in [6.07, 6.45) is 0.768. The summed E-state index contributed by atoms with van der Waals surface area (Å²) in [6.45, 7) is 9.39. The van der Waals surface area contributed by atoms with Gasteiger partial charge in [0, 0.05) is 13.0 Å². The first-order valence-electron chi connectivity index (χ1n) is 10.7. The molecule has 0 bridgehead atoms. The second-order valence-electron chi connectivity index (χ2n) is 7.74. The Labute approximate surface area is 182 Å². The highest BCUT2D eigenvalue weighted by atomic mass is 16.5. The highest BCUT2D eigenvalue weighted by molar-refractivity contribution is 6.15. The molecule has 1 aromatic carbocycles. The molecule has 2 N–H and O–H groups in total. The van der Waals surface area contributed by atoms with Crippen LogP contribution in [-0.2, 0) is 4.79 Å². The zero-order chi connectivity index (χ0) is 22.5. The summed E-state index contributed by atoms with van der Waals surface area (Å²) < 4.78 is 10.7. The van der Waals surface area contributed by atoms with Crippen LogP contribution in [0.1, 0.15) is 48.2 Å². The van der Waals surface area contributed by atoms with E-state index >= 15 is 0 Å². The molecule has 2 heterocycles. The molecule has 1 atom stereocenters. The topological polar surface area (TPSA) is 84.4 Å². The van der Waals surface area contributed by atoms with Crippen LogP contribution < -0.4 is 9.64 Å². The molecule has 0 saturated carbocycles. The Hall–Kier alpha value is -3.06. The molecule has 0 fully saturated rings. The molecule has 31 heavy (non-hydrogen) atoms. The maximum Gasteiger partial charge on any atom is 0.290 e. The van der Waals surface area contributed by atoms with E-state index in [1.54, 1.807) is 43.2 Å². The van der Waals surface area contributed by atoms with Crippen LogP contribution in [0.25, 0.3) is 0 Å². The first-order chi connectivity index (χ1) is 14.9. The van der Waals surface area contributed by atoms with Crippen molar-refractivity contribution in [3.05, 3.63) is 64.8 Å². The molecule has 0 radical (unpaired) electrons. The molecule has 0 spiro atoms. The number of benzene rings is 1. The van der Waals surface area contributed by atoms with Crippen LogP contribution in [0.5, 0.6) is 5.75 Å². The number of aliphatic hydroxyl groups is 1. The first-order valence-corrected chi connectivity index (χ1v) is 10.7. The number of methoxy groups -OCH3 is 1. The number of carbonyl (C=O) groups excluding carboxylic acids is 2. The van der Waals surface area contributed by atoms with Crippen molar-refractivity contribution in [1.82, 2.24) is 4.90 Å². The van der Waals surface area contributed by atoms with E-state index in [1.807, 2.05) is 12.1 Å². The van der Waals surface area contributed by atoms with E-state index in [2.05, 4.69) is 13.8 Å². The summed E-state index contributed by atoms with van der Waals surface area (Å²) in [7, 11) is 1.58. The lowest BCUT2D eigenvalue weighted by Crippen LogP contribution is -3.11. The summed E-state index contributed by atoms with van der Waals surface area (Å²) in [4.78, 5) is 29.2. The Morgan fingerprint density at radius 3 is 2.39 bits per heavy atom. The lowest BCUT2D eigenvalue weighted by Gasteiger charge is -2.27. The number of ketones is 1. The van der Waals surface area contributed by atoms with Crippen LogP contribution >= 0.6 is 0 Å². The van der Waals surface area contributed by atoms with Crippen molar-refractivity contribution < 1.29 is 28.7 Å². The van der Waals surface area contributed by atoms with Crippen molar-refractivity contribution in [3.63, 3.8) is 0 Å². The van der Waals surface area contributed by atoms with Crippen molar-refractivity contribution >= 4 is 11.7 Å². The number of nitrogens with zero attached hydrogens (tertiary/aromatic N) is 1. The number of Topliss-reactive ketones (excluding diaryl/α,β-unsaturated/α-hetero) is 1. The summed E-state index contributed by atoms with van der Waals surface area (Å²) in [5, 5.41) is 10.7. The third-order valence-corrected chi connectivity index (χ3v) is 5.87. The maximum absolute atomic E-state index is 13.2. The number of amides is 1. The molecule has 0 saturated heterocycles. The largest absolute Gasteiger partial charge is 0.503 e. The fourth-order valence-corrected chi connectivity index (χ4v) is 4.04. The number of aliphatic hydroxyl groups excluding tert-OH is 1. The van der Waals surface area contributed by atoms with E-state index in [0.29, 0.717) is 18.1 Å². The maximum atomic E-state index is 13.2. The Morgan fingerprint density at radius 1 is 1.16 bits per heavy atom. The Bertz CT molecular complexity index is 957. The van der Waals surface area contributed by atoms with Gasteiger partial charge in [0.25, 0.3) is 5.91 Å². The second kappa shape index (κ2) is 9.83. The van der Waals surface area contributed by atoms with Crippen LogP contribution in [0.2, 0.25) is 0 Å². The molecule has 166 valence electrons. The van der Waals surface area contributed by atoms with E-state index in [4.69, 9.17) is 9.15 Å². The van der Waals surface area contributed by atoms with Crippen molar-refractivity contribution in [2.24, 2.45) is 0 Å². The molecule has 2 aromatic rings. The van der Waals surface area contributed by atoms with E-state index in [9.17, 15) is 14.7 Å². The molecule has 1 aliphatic rings. The number of rotatable bonds is 10. The van der Waals surface area contributed by atoms with Crippen molar-refractivity contribution in [3.8, 4) is 5.75 Å². The third kappa shape index (κ3) is 4.66. The molecule has 1 aromatic heterocycles. The summed E-state index contributed by atoms with van der Waals surface area (Å²) >= 11 is 0. The molecule has 1 aliphatic heterocycles. The molecule has 7 nitrogen and oxygen atoms in total. The van der Waals surface area contributed by atoms with Gasteiger partial charge in [0.15, 0.2) is 11.5 Å². The van der Waals surface area contributed by atoms with Crippen molar-refractivity contribution in [2.45, 2.75) is 33.2 Å². The SMILES string of the molecule is CC[NH+](CC)CCCN1C(=O)C(O)=C(C(=O)c2ccc(C)o2)[C@@H]1c1ccc(OC)cc1. The van der Waals surface area contributed by atoms with Gasteiger partial charge in [-0.15, -0.1) is 0 Å². The number of hydrogen-bond acceptors (Lipinski definition) is 5. The van der Waals surface area contributed by atoms with Gasteiger partial charge in [-0.3, -0.25) is 9.59 Å². The summed E-state index contributed by atoms with van der Waals surface area (Å²) in [5.74, 6) is -0.131. The predicted molar refractivity (Wildman–Crippen MR) is 116 cm³/mol. The van der Waals surface area contributed by atoms with E-state index in [-0.39, 0.29) is 11.3 Å². The van der Waals surface area contributed by atoms with Gasteiger partial charge in [0.05, 0.1) is 38.4 Å². The summed E-state index contributed by atoms with van der Waals surface area (Å²) in [6, 6.07) is 9.79. The molecular weight excluding hydrogens is 396 g/mol. The molecule has 0 aliphatic carbocycles. The highest BCUT2D eigenvalue weighted by Crippen LogP contribution is 2.39. The van der Waals surface area contributed by atoms with Gasteiger partial charge in [0.1, 0.15) is 11.5 Å². The number of carbonyl (C=O) groups is 2. The standard InChI is InChI=1S/C24H30N2O5/c1-5-25(6-2)14-7-15-26-21(17-9-11-18(30-4)12-10-17)20(23(28)24(26)29)22(27)19-13-8-16(3)31-19/h8-13,21,28H,5-7,14-15H2,1-4H3/p+1/t21-/m0/s1. The van der Waals surface area contributed by atoms with Crippen molar-refractivity contribution in [1.29, 1.82) is 0 Å². The molecular formula is C24H31N2O5+. The average Bonchev–Trinajstić information content (AvgIpc) is 3.33. The highest BCUT2D eigenvalue weighted by Gasteiger charge is 2.44. The quantitative estimate of drug-likeness (QED) is 0.569. The number of ether oxygens (including phenoxy) is 1. The zero-order valence-corrected chi connectivity index (χ0v) is 18.6. The minimum Gasteiger partial charge on any atom is -0.503 e. The summed E-state index contributed by atoms with van der Waals surface area (Å²) in [5.41, 5.74) is 0.791. The van der Waals surface area contributed by atoms with Crippen LogP contribution in [0, 0.1) is 6.92 Å². The van der Waals surface area contributed by atoms with E-state index in [1.165, 1.54) is 4.90 Å². The van der Waals surface area contributed by atoms with Crippen LogP contribution in [0.15, 0.2) is 52.1 Å². The fourth-order valence-electron chi connectivity index (χ4n) is 4.04. The normalized spacial score (nSPS) is 16.5. The van der Waals surface area contributed by atoms with Gasteiger partial charge in [-0.2, -0.15) is 0 Å². The number of hydrogen-bond donors (Lipinski definition) is 2. The molecule has 0 unspecified atom stereocenters. The van der Waals surface area contributed by atoms with Gasteiger partial charge in [0.2, 0.25) is 5.78 Å². The van der Waals surface area contributed by atoms with Gasteiger partial charge in [-0.05, 0) is 50.6 Å². The fraction of sp³-hybridized carbons (Fsp3) is 0.417. The smallest absolute Gasteiger partial charge is 0.290 e. The third-order valence-electron chi connectivity index (χ3n) is 5.87. The van der Waals surface area contributed by atoms with Crippen molar-refractivity contribution in [2.75, 3.05) is 33.3 Å². The number of aryl methyl sites for hydroxylation is 1. The first kappa shape index (κ1) is 22.6. The molecule has 7 heteroatoms. The lowest BCUT2D eigenvalue weighted by molar-refractivity contribution is -0.896. The van der Waals surface area contributed by atoms with Crippen LogP contribution in [0.4, 0.5) is 0 Å². The van der Waals surface area contributed by atoms with E-state index < -0.39 is 23.5 Å². The van der Waals surface area contributed by atoms with Gasteiger partial charge in [-0.1, -0.05) is 12.1 Å². The van der Waals surface area contributed by atoms with Gasteiger partial charge < -0.3 is 24.1 Å². The Kier molecular flexibility index (Phi) is 7.17. The molecule has 3 rings (SSSR count). The predicted octanol–water partition coefficient (Wildman–Crippen LogP) is 2.49. The van der Waals surface area contributed by atoms with Gasteiger partial charge in [-0.25, -0.2) is 0 Å². The monoisotopic (exact) mass is 427 g/mol. The number of furan rings is 1. The minimum absolute atomic E-state index is 0.0553. The van der Waals surface area contributed by atoms with E-state index in [0.717, 1.165) is 31.6 Å². The average molecular weight is 428 g/mol. The second-order valence-corrected chi connectivity index (χ2v) is 7.74. The Morgan fingerprint density at radius 2 is 1.84 bits per heavy atom.